The van der Waals surface area contributed by atoms with Crippen molar-refractivity contribution in [3.63, 3.8) is 0 Å². The van der Waals surface area contributed by atoms with E-state index < -0.39 is 0 Å². The second-order valence-electron chi connectivity index (χ2n) is 6.50. The second-order valence-corrected chi connectivity index (χ2v) is 6.50. The highest BCUT2D eigenvalue weighted by Crippen LogP contribution is 2.36. The maximum atomic E-state index is 13.0. The van der Waals surface area contributed by atoms with Crippen LogP contribution in [0.4, 0.5) is 0 Å². The summed E-state index contributed by atoms with van der Waals surface area (Å²) >= 11 is 0. The number of carbonyl (C=O) groups excluding carboxylic acids is 1. The molecule has 21 heavy (non-hydrogen) atoms. The van der Waals surface area contributed by atoms with Gasteiger partial charge in [0.1, 0.15) is 0 Å². The molecule has 1 atom stereocenters. The molecule has 1 aliphatic carbocycles. The molecule has 1 N–H and O–H groups in total. The van der Waals surface area contributed by atoms with Gasteiger partial charge in [-0.15, -0.1) is 0 Å². The number of fused-ring (bicyclic) bond motifs is 1. The van der Waals surface area contributed by atoms with Crippen LogP contribution in [-0.2, 0) is 0 Å². The van der Waals surface area contributed by atoms with E-state index in [0.717, 1.165) is 35.3 Å². The van der Waals surface area contributed by atoms with Crippen molar-refractivity contribution in [2.24, 2.45) is 5.92 Å². The fraction of sp³-hybridized carbons (Fsp3) is 0.500. The first-order chi connectivity index (χ1) is 10.3. The summed E-state index contributed by atoms with van der Waals surface area (Å²) in [6.45, 7) is 0.928. The standard InChI is InChI=1S/C18H22N2O/c21-18(15-8-3-7-14-10-11-19-17(14)15)20-12-4-9-16(20)13-5-1-2-6-13/h3,7-8,10-11,13,16,19H,1-2,4-6,9,12H2. The Morgan fingerprint density at radius 2 is 1.95 bits per heavy atom. The van der Waals surface area contributed by atoms with Crippen molar-refractivity contribution in [1.29, 1.82) is 0 Å². The van der Waals surface area contributed by atoms with Crippen molar-refractivity contribution in [2.45, 2.75) is 44.6 Å². The van der Waals surface area contributed by atoms with Crippen LogP contribution in [0.3, 0.4) is 0 Å². The Morgan fingerprint density at radius 3 is 2.81 bits per heavy atom. The van der Waals surface area contributed by atoms with E-state index in [9.17, 15) is 4.79 Å². The molecular weight excluding hydrogens is 260 g/mol. The molecule has 110 valence electrons. The number of aromatic amines is 1. The molecule has 4 rings (SSSR count). The van der Waals surface area contributed by atoms with Crippen molar-refractivity contribution in [3.8, 4) is 0 Å². The minimum Gasteiger partial charge on any atom is -0.361 e. The first-order valence-electron chi connectivity index (χ1n) is 8.21. The van der Waals surface area contributed by atoms with Crippen LogP contribution in [0.15, 0.2) is 30.5 Å². The van der Waals surface area contributed by atoms with Gasteiger partial charge in [0.05, 0.1) is 11.1 Å². The number of benzene rings is 1. The van der Waals surface area contributed by atoms with Crippen molar-refractivity contribution < 1.29 is 4.79 Å². The molecule has 0 radical (unpaired) electrons. The number of hydrogen-bond donors (Lipinski definition) is 1. The first kappa shape index (κ1) is 12.9. The van der Waals surface area contributed by atoms with E-state index in [1.165, 1.54) is 32.1 Å². The lowest BCUT2D eigenvalue weighted by Gasteiger charge is -2.29. The summed E-state index contributed by atoms with van der Waals surface area (Å²) in [5.74, 6) is 0.955. The molecule has 1 saturated heterocycles. The van der Waals surface area contributed by atoms with Gasteiger partial charge in [-0.25, -0.2) is 0 Å². The van der Waals surface area contributed by atoms with Crippen molar-refractivity contribution >= 4 is 16.8 Å². The number of carbonyl (C=O) groups is 1. The average Bonchev–Trinajstić information content (AvgIpc) is 3.23. The van der Waals surface area contributed by atoms with Gasteiger partial charge in [-0.1, -0.05) is 25.0 Å². The van der Waals surface area contributed by atoms with Gasteiger partial charge < -0.3 is 9.88 Å². The van der Waals surface area contributed by atoms with E-state index in [1.807, 2.05) is 24.4 Å². The SMILES string of the molecule is O=C(c1cccc2cc[nH]c12)N1CCCC1C1CCCC1. The van der Waals surface area contributed by atoms with Gasteiger partial charge >= 0.3 is 0 Å². The minimum atomic E-state index is 0.220. The molecule has 1 aromatic heterocycles. The first-order valence-corrected chi connectivity index (χ1v) is 8.21. The van der Waals surface area contributed by atoms with Crippen molar-refractivity contribution in [3.05, 3.63) is 36.0 Å². The van der Waals surface area contributed by atoms with Crippen LogP contribution in [-0.4, -0.2) is 28.4 Å². The monoisotopic (exact) mass is 282 g/mol. The summed E-state index contributed by atoms with van der Waals surface area (Å²) in [6, 6.07) is 8.52. The van der Waals surface area contributed by atoms with Crippen molar-refractivity contribution in [2.75, 3.05) is 6.54 Å². The van der Waals surface area contributed by atoms with Crippen LogP contribution in [0.5, 0.6) is 0 Å². The van der Waals surface area contributed by atoms with Gasteiger partial charge in [0.25, 0.3) is 5.91 Å². The van der Waals surface area contributed by atoms with E-state index in [-0.39, 0.29) is 5.91 Å². The molecule has 2 fully saturated rings. The summed E-state index contributed by atoms with van der Waals surface area (Å²) in [5, 5.41) is 1.12. The zero-order chi connectivity index (χ0) is 14.2. The molecule has 1 aromatic carbocycles. The number of H-pyrrole nitrogens is 1. The highest BCUT2D eigenvalue weighted by molar-refractivity contribution is 6.05. The Hall–Kier alpha value is -1.77. The van der Waals surface area contributed by atoms with Gasteiger partial charge in [0.15, 0.2) is 0 Å². The summed E-state index contributed by atoms with van der Waals surface area (Å²) < 4.78 is 0. The van der Waals surface area contributed by atoms with E-state index in [2.05, 4.69) is 16.0 Å². The lowest BCUT2D eigenvalue weighted by atomic mass is 9.95. The maximum absolute atomic E-state index is 13.0. The molecular formula is C18H22N2O. The third kappa shape index (κ3) is 2.15. The quantitative estimate of drug-likeness (QED) is 0.889. The number of likely N-dealkylation sites (tertiary alicyclic amines) is 1. The zero-order valence-electron chi connectivity index (χ0n) is 12.3. The topological polar surface area (TPSA) is 36.1 Å². The van der Waals surface area contributed by atoms with Gasteiger partial charge in [-0.3, -0.25) is 4.79 Å². The Bertz CT molecular complexity index is 654. The predicted octanol–water partition coefficient (Wildman–Crippen LogP) is 3.96. The normalized spacial score (nSPS) is 23.2. The number of hydrogen-bond acceptors (Lipinski definition) is 1. The third-order valence-corrected chi connectivity index (χ3v) is 5.32. The van der Waals surface area contributed by atoms with Gasteiger partial charge in [-0.05, 0) is 43.7 Å². The van der Waals surface area contributed by atoms with E-state index in [4.69, 9.17) is 0 Å². The summed E-state index contributed by atoms with van der Waals surface area (Å²) in [5.41, 5.74) is 1.82. The molecule has 1 saturated carbocycles. The maximum Gasteiger partial charge on any atom is 0.256 e. The summed E-state index contributed by atoms with van der Waals surface area (Å²) in [4.78, 5) is 18.4. The van der Waals surface area contributed by atoms with E-state index in [0.29, 0.717) is 6.04 Å². The molecule has 2 aromatic rings. The number of amides is 1. The number of rotatable bonds is 2. The summed E-state index contributed by atoms with van der Waals surface area (Å²) in [6.07, 6.45) is 9.57. The molecule has 2 heterocycles. The minimum absolute atomic E-state index is 0.220. The highest BCUT2D eigenvalue weighted by Gasteiger charge is 2.36. The largest absolute Gasteiger partial charge is 0.361 e. The number of nitrogens with one attached hydrogen (secondary N) is 1. The smallest absolute Gasteiger partial charge is 0.256 e. The molecule has 2 aliphatic rings. The third-order valence-electron chi connectivity index (χ3n) is 5.32. The summed E-state index contributed by atoms with van der Waals surface area (Å²) in [7, 11) is 0. The lowest BCUT2D eigenvalue weighted by molar-refractivity contribution is 0.0691. The van der Waals surface area contributed by atoms with Gasteiger partial charge in [-0.2, -0.15) is 0 Å². The number of para-hydroxylation sites is 1. The van der Waals surface area contributed by atoms with Crippen LogP contribution >= 0.6 is 0 Å². The molecule has 1 unspecified atom stereocenters. The van der Waals surface area contributed by atoms with Crippen LogP contribution in [0, 0.1) is 5.92 Å². The average molecular weight is 282 g/mol. The van der Waals surface area contributed by atoms with Crippen molar-refractivity contribution in [1.82, 2.24) is 9.88 Å². The Kier molecular flexibility index (Phi) is 3.21. The lowest BCUT2D eigenvalue weighted by Crippen LogP contribution is -2.39. The Balaban J connectivity index is 1.65. The highest BCUT2D eigenvalue weighted by atomic mass is 16.2. The van der Waals surface area contributed by atoms with Gasteiger partial charge in [0, 0.05) is 24.2 Å². The Morgan fingerprint density at radius 1 is 1.10 bits per heavy atom. The Labute approximate surface area is 125 Å². The fourth-order valence-corrected chi connectivity index (χ4v) is 4.29. The molecule has 1 amide bonds. The van der Waals surface area contributed by atoms with Crippen LogP contribution in [0.25, 0.3) is 10.9 Å². The molecule has 0 spiro atoms. The molecule has 3 nitrogen and oxygen atoms in total. The van der Waals surface area contributed by atoms with E-state index in [1.54, 1.807) is 0 Å². The number of nitrogens with zero attached hydrogens (tertiary/aromatic N) is 1. The van der Waals surface area contributed by atoms with Gasteiger partial charge in [0.2, 0.25) is 0 Å². The van der Waals surface area contributed by atoms with Crippen LogP contribution < -0.4 is 0 Å². The molecule has 3 heteroatoms. The van der Waals surface area contributed by atoms with Crippen LogP contribution in [0.1, 0.15) is 48.9 Å². The number of aromatic nitrogens is 1. The fourth-order valence-electron chi connectivity index (χ4n) is 4.29. The molecule has 0 bridgehead atoms. The van der Waals surface area contributed by atoms with Crippen LogP contribution in [0.2, 0.25) is 0 Å². The zero-order valence-corrected chi connectivity index (χ0v) is 12.3. The predicted molar refractivity (Wildman–Crippen MR) is 84.3 cm³/mol. The second kappa shape index (κ2) is 5.21. The molecule has 1 aliphatic heterocycles. The van der Waals surface area contributed by atoms with E-state index >= 15 is 0 Å².